The minimum Gasteiger partial charge on any atom is -0.462 e. The second kappa shape index (κ2) is 72.1. The lowest BCUT2D eigenvalue weighted by molar-refractivity contribution is -0.161. The number of hydrogen-bond donors (Lipinski definition) is 3. The number of rotatable bonds is 75. The van der Waals surface area contributed by atoms with Crippen molar-refractivity contribution in [1.82, 2.24) is 0 Å². The minimum atomic E-state index is -4.97. The first kappa shape index (κ1) is 94.8. The Morgan fingerprint density at radius 3 is 0.786 bits per heavy atom. The summed E-state index contributed by atoms with van der Waals surface area (Å²) in [6.45, 7) is 4.83. The van der Waals surface area contributed by atoms with Gasteiger partial charge < -0.3 is 33.8 Å². The topological polar surface area (TPSA) is 237 Å². The Bertz CT molecular complexity index is 2100. The second-order valence-electron chi connectivity index (χ2n) is 26.6. The van der Waals surface area contributed by atoms with E-state index in [2.05, 4.69) is 88.5 Å². The highest BCUT2D eigenvalue weighted by atomic mass is 31.2. The lowest BCUT2D eigenvalue weighted by Crippen LogP contribution is -2.30. The van der Waals surface area contributed by atoms with Crippen molar-refractivity contribution in [3.63, 3.8) is 0 Å². The summed E-state index contributed by atoms with van der Waals surface area (Å²) in [4.78, 5) is 72.9. The van der Waals surface area contributed by atoms with Crippen LogP contribution in [0.25, 0.3) is 0 Å². The number of esters is 4. The lowest BCUT2D eigenvalue weighted by Gasteiger charge is -2.21. The molecule has 0 radical (unpaired) electrons. The van der Waals surface area contributed by atoms with Crippen molar-refractivity contribution < 1.29 is 80.2 Å². The third kappa shape index (κ3) is 71.2. The number of allylic oxidation sites excluding steroid dienone is 10. The van der Waals surface area contributed by atoms with Gasteiger partial charge in [0.2, 0.25) is 0 Å². The molecule has 0 aromatic rings. The maximum absolute atomic E-state index is 13.1. The number of carbonyl (C=O) groups excluding carboxylic acids is 4. The molecule has 98 heavy (non-hydrogen) atoms. The van der Waals surface area contributed by atoms with Gasteiger partial charge in [0.25, 0.3) is 0 Å². The van der Waals surface area contributed by atoms with Crippen LogP contribution in [-0.4, -0.2) is 96.7 Å². The number of phosphoric acid groups is 2. The normalized spacial score (nSPS) is 14.2. The van der Waals surface area contributed by atoms with Crippen molar-refractivity contribution in [2.24, 2.45) is 0 Å². The van der Waals surface area contributed by atoms with Crippen LogP contribution < -0.4 is 0 Å². The number of carbonyl (C=O) groups is 4. The molecule has 0 aliphatic heterocycles. The first-order valence-corrected chi connectivity index (χ1v) is 42.5. The smallest absolute Gasteiger partial charge is 0.462 e. The Balaban J connectivity index is 5.34. The predicted molar refractivity (Wildman–Crippen MR) is 400 cm³/mol. The van der Waals surface area contributed by atoms with Gasteiger partial charge in [-0.15, -0.1) is 0 Å². The Hall–Kier alpha value is -3.24. The monoisotopic (exact) mass is 1430 g/mol. The molecule has 17 nitrogen and oxygen atoms in total. The molecule has 0 aromatic carbocycles. The number of ether oxygens (including phenoxy) is 4. The van der Waals surface area contributed by atoms with Gasteiger partial charge in [-0.05, 0) is 135 Å². The van der Waals surface area contributed by atoms with Crippen LogP contribution in [0.5, 0.6) is 0 Å². The Morgan fingerprint density at radius 2 is 0.500 bits per heavy atom. The Labute approximate surface area is 597 Å². The lowest BCUT2D eigenvalue weighted by atomic mass is 10.1. The molecule has 0 aliphatic carbocycles. The molecule has 572 valence electrons. The highest BCUT2D eigenvalue weighted by Gasteiger charge is 2.30. The molecule has 0 rings (SSSR count). The second-order valence-corrected chi connectivity index (χ2v) is 29.5. The predicted octanol–water partition coefficient (Wildman–Crippen LogP) is 22.7. The molecular weight excluding hydrogens is 1280 g/mol. The molecule has 3 N–H and O–H groups in total. The fourth-order valence-corrected chi connectivity index (χ4v) is 12.4. The number of phosphoric ester groups is 2. The summed E-state index contributed by atoms with van der Waals surface area (Å²) in [5, 5.41) is 10.6. The van der Waals surface area contributed by atoms with E-state index >= 15 is 0 Å². The third-order valence-corrected chi connectivity index (χ3v) is 18.8. The zero-order chi connectivity index (χ0) is 71.8. The van der Waals surface area contributed by atoms with E-state index in [9.17, 15) is 43.2 Å². The van der Waals surface area contributed by atoms with E-state index in [0.29, 0.717) is 25.7 Å². The number of aliphatic hydroxyl groups excluding tert-OH is 1. The quantitative estimate of drug-likeness (QED) is 0.0169. The van der Waals surface area contributed by atoms with E-state index in [1.54, 1.807) is 0 Å². The molecule has 0 fully saturated rings. The zero-order valence-electron chi connectivity index (χ0n) is 62.5. The maximum atomic E-state index is 13.1. The van der Waals surface area contributed by atoms with Gasteiger partial charge >= 0.3 is 39.5 Å². The van der Waals surface area contributed by atoms with Gasteiger partial charge in [0.1, 0.15) is 19.3 Å². The molecule has 0 amide bonds. The highest BCUT2D eigenvalue weighted by molar-refractivity contribution is 7.47. The summed E-state index contributed by atoms with van der Waals surface area (Å²) < 4.78 is 68.5. The molecular formula is C79H144O17P2. The molecule has 0 spiro atoms. The zero-order valence-corrected chi connectivity index (χ0v) is 64.3. The Morgan fingerprint density at radius 1 is 0.286 bits per heavy atom. The van der Waals surface area contributed by atoms with E-state index in [-0.39, 0.29) is 25.7 Å². The number of hydrogen-bond acceptors (Lipinski definition) is 15. The highest BCUT2D eigenvalue weighted by Crippen LogP contribution is 2.45. The van der Waals surface area contributed by atoms with Gasteiger partial charge in [-0.3, -0.25) is 37.3 Å². The Kier molecular flexibility index (Phi) is 69.7. The van der Waals surface area contributed by atoms with Crippen LogP contribution in [-0.2, 0) is 65.4 Å². The molecule has 5 atom stereocenters. The first-order valence-electron chi connectivity index (χ1n) is 39.5. The van der Waals surface area contributed by atoms with Crippen LogP contribution in [0.2, 0.25) is 0 Å². The summed E-state index contributed by atoms with van der Waals surface area (Å²) >= 11 is 0. The van der Waals surface area contributed by atoms with E-state index in [1.807, 2.05) is 0 Å². The van der Waals surface area contributed by atoms with Crippen molar-refractivity contribution in [3.05, 3.63) is 60.8 Å². The van der Waals surface area contributed by atoms with Crippen LogP contribution in [0, 0.1) is 0 Å². The molecule has 2 unspecified atom stereocenters. The van der Waals surface area contributed by atoms with Crippen LogP contribution >= 0.6 is 15.6 Å². The minimum absolute atomic E-state index is 0.0818. The maximum Gasteiger partial charge on any atom is 0.472 e. The fraction of sp³-hybridized carbons (Fsp3) is 0.823. The van der Waals surface area contributed by atoms with Crippen molar-refractivity contribution >= 4 is 39.5 Å². The molecule has 0 saturated carbocycles. The molecule has 0 bridgehead atoms. The largest absolute Gasteiger partial charge is 0.472 e. The van der Waals surface area contributed by atoms with Gasteiger partial charge in [-0.25, -0.2) is 9.13 Å². The van der Waals surface area contributed by atoms with E-state index in [1.165, 1.54) is 122 Å². The van der Waals surface area contributed by atoms with Crippen LogP contribution in [0.1, 0.15) is 362 Å². The van der Waals surface area contributed by atoms with Crippen LogP contribution in [0.15, 0.2) is 60.8 Å². The standard InChI is InChI=1S/C79H144O17P2/c1-5-9-13-17-21-25-29-33-36-40-43-47-51-55-59-63-76(81)89-69-74(95-78(83)65-61-57-53-49-45-39-32-28-24-20-16-12-8-4)71-93-97(85,86)91-67-73(80)68-92-98(87,88)94-72-75(96-79(84)66-62-58-54-50-46-42-38-35-31-27-23-19-15-11-7-3)70-90-77(82)64-60-56-52-48-44-41-37-34-30-26-22-18-14-10-6-2/h23,25-30,32,35,38,73-75,80H,5-22,24,31,33-34,36-37,39-72H2,1-4H3,(H,85,86)(H,87,88)/b27-23-,29-25-,30-26-,32-28-,38-35-/t73-,74+,75+/m0/s1. The summed E-state index contributed by atoms with van der Waals surface area (Å²) in [6.07, 6.45) is 70.5. The summed E-state index contributed by atoms with van der Waals surface area (Å²) in [5.74, 6) is -2.18. The number of unbranched alkanes of at least 4 members (excludes halogenated alkanes) is 39. The van der Waals surface area contributed by atoms with Gasteiger partial charge in [-0.2, -0.15) is 0 Å². The third-order valence-electron chi connectivity index (χ3n) is 16.9. The molecule has 0 saturated heterocycles. The average Bonchev–Trinajstić information content (AvgIpc) is 0.984. The van der Waals surface area contributed by atoms with E-state index < -0.39 is 97.5 Å². The summed E-state index contributed by atoms with van der Waals surface area (Å²) in [6, 6.07) is 0. The van der Waals surface area contributed by atoms with Gasteiger partial charge in [0, 0.05) is 25.7 Å². The molecule has 19 heteroatoms. The van der Waals surface area contributed by atoms with Crippen LogP contribution in [0.4, 0.5) is 0 Å². The van der Waals surface area contributed by atoms with Gasteiger partial charge in [0.05, 0.1) is 26.4 Å². The average molecular weight is 1430 g/mol. The van der Waals surface area contributed by atoms with Crippen molar-refractivity contribution in [3.8, 4) is 0 Å². The summed E-state index contributed by atoms with van der Waals surface area (Å²) in [7, 11) is -9.94. The number of aliphatic hydroxyl groups is 1. The van der Waals surface area contributed by atoms with Gasteiger partial charge in [0.15, 0.2) is 12.2 Å². The van der Waals surface area contributed by atoms with Crippen molar-refractivity contribution in [2.75, 3.05) is 39.6 Å². The molecule has 0 aromatic heterocycles. The van der Waals surface area contributed by atoms with Crippen molar-refractivity contribution in [2.45, 2.75) is 380 Å². The van der Waals surface area contributed by atoms with Gasteiger partial charge in [-0.1, -0.05) is 262 Å². The summed E-state index contributed by atoms with van der Waals surface area (Å²) in [5.41, 5.74) is 0. The van der Waals surface area contributed by atoms with Crippen molar-refractivity contribution in [1.29, 1.82) is 0 Å². The fourth-order valence-electron chi connectivity index (χ4n) is 10.8. The molecule has 0 aliphatic rings. The van der Waals surface area contributed by atoms with E-state index in [0.717, 1.165) is 161 Å². The SMILES string of the molecule is CCCCC/C=C\C/C=C\CCCCCCCC(=O)O[C@H](COC(=O)CCCCCCCCC/C=C\CCCCCC)COP(=O)(O)OC[C@@H](O)COP(=O)(O)OC[C@@H](COC(=O)CCCCCCCCC/C=C\CCCCCC)OC(=O)CCCCCCC/C=C\CCCCCC. The van der Waals surface area contributed by atoms with E-state index in [4.69, 9.17) is 37.0 Å². The van der Waals surface area contributed by atoms with Crippen LogP contribution in [0.3, 0.4) is 0 Å². The molecule has 0 heterocycles. The first-order chi connectivity index (χ1) is 47.7.